The Labute approximate surface area is 85.0 Å². The van der Waals surface area contributed by atoms with Gasteiger partial charge in [-0.15, -0.1) is 0 Å². The molecule has 1 aromatic rings. The first-order valence-electron chi connectivity index (χ1n) is 5.34. The second-order valence-electron chi connectivity index (χ2n) is 3.89. The van der Waals surface area contributed by atoms with Crippen molar-refractivity contribution < 1.29 is 5.11 Å². The zero-order valence-electron chi connectivity index (χ0n) is 8.59. The molecular formula is C12H17NO. The summed E-state index contributed by atoms with van der Waals surface area (Å²) in [5.41, 5.74) is 2.46. The Hall–Kier alpha value is -1.02. The predicted molar refractivity (Wildman–Crippen MR) is 57.7 cm³/mol. The average Bonchev–Trinajstić information content (AvgIpc) is 2.70. The quantitative estimate of drug-likeness (QED) is 0.749. The second kappa shape index (κ2) is 4.01. The molecule has 0 unspecified atom stereocenters. The molecule has 2 nitrogen and oxygen atoms in total. The largest absolute Gasteiger partial charge is 0.508 e. The van der Waals surface area contributed by atoms with Gasteiger partial charge in [0.1, 0.15) is 5.75 Å². The van der Waals surface area contributed by atoms with E-state index in [1.807, 2.05) is 6.07 Å². The fraction of sp³-hybridized carbons (Fsp3) is 0.500. The first-order chi connectivity index (χ1) is 6.83. The number of aromatic hydroxyl groups is 1. The number of benzene rings is 1. The molecule has 0 bridgehead atoms. The van der Waals surface area contributed by atoms with E-state index in [1.165, 1.54) is 12.0 Å². The van der Waals surface area contributed by atoms with Crippen molar-refractivity contribution in [3.05, 3.63) is 29.3 Å². The lowest BCUT2D eigenvalue weighted by Gasteiger charge is -2.14. The van der Waals surface area contributed by atoms with Gasteiger partial charge in [-0.1, -0.05) is 19.1 Å². The SMILES string of the molecule is CCc1c(O)cccc1[C@@H]1CCNC1. The van der Waals surface area contributed by atoms with Gasteiger partial charge in [-0.3, -0.25) is 0 Å². The predicted octanol–water partition coefficient (Wildman–Crippen LogP) is 2.03. The van der Waals surface area contributed by atoms with E-state index in [4.69, 9.17) is 0 Å². The van der Waals surface area contributed by atoms with Crippen LogP contribution in [-0.4, -0.2) is 18.2 Å². The summed E-state index contributed by atoms with van der Waals surface area (Å²) in [5.74, 6) is 1.05. The summed E-state index contributed by atoms with van der Waals surface area (Å²) in [5, 5.41) is 13.1. The van der Waals surface area contributed by atoms with Crippen molar-refractivity contribution in [3.8, 4) is 5.75 Å². The number of phenolic OH excluding ortho intramolecular Hbond substituents is 1. The van der Waals surface area contributed by atoms with Gasteiger partial charge in [0, 0.05) is 6.54 Å². The molecule has 0 aromatic heterocycles. The third-order valence-corrected chi connectivity index (χ3v) is 3.04. The summed E-state index contributed by atoms with van der Waals surface area (Å²) in [7, 11) is 0. The molecule has 0 spiro atoms. The minimum absolute atomic E-state index is 0.455. The third kappa shape index (κ3) is 1.62. The fourth-order valence-corrected chi connectivity index (χ4v) is 2.28. The smallest absolute Gasteiger partial charge is 0.119 e. The van der Waals surface area contributed by atoms with Crippen LogP contribution in [0.5, 0.6) is 5.75 Å². The number of hydrogen-bond donors (Lipinski definition) is 2. The highest BCUT2D eigenvalue weighted by Gasteiger charge is 2.19. The van der Waals surface area contributed by atoms with Crippen molar-refractivity contribution >= 4 is 0 Å². The van der Waals surface area contributed by atoms with E-state index in [-0.39, 0.29) is 0 Å². The van der Waals surface area contributed by atoms with E-state index in [1.54, 1.807) is 6.07 Å². The number of rotatable bonds is 2. The second-order valence-corrected chi connectivity index (χ2v) is 3.89. The molecule has 14 heavy (non-hydrogen) atoms. The van der Waals surface area contributed by atoms with E-state index in [0.717, 1.165) is 25.1 Å². The van der Waals surface area contributed by atoms with E-state index in [9.17, 15) is 5.11 Å². The van der Waals surface area contributed by atoms with Crippen LogP contribution in [0.1, 0.15) is 30.4 Å². The van der Waals surface area contributed by atoms with Crippen LogP contribution in [-0.2, 0) is 6.42 Å². The molecule has 1 aromatic carbocycles. The summed E-state index contributed by atoms with van der Waals surface area (Å²) in [6.45, 7) is 4.25. The maximum atomic E-state index is 9.73. The number of hydrogen-bond acceptors (Lipinski definition) is 2. The Morgan fingerprint density at radius 3 is 3.00 bits per heavy atom. The van der Waals surface area contributed by atoms with E-state index in [2.05, 4.69) is 18.3 Å². The van der Waals surface area contributed by atoms with Crippen molar-refractivity contribution in [1.29, 1.82) is 0 Å². The molecule has 0 saturated carbocycles. The van der Waals surface area contributed by atoms with Crippen LogP contribution in [0.25, 0.3) is 0 Å². The summed E-state index contributed by atoms with van der Waals surface area (Å²) in [6, 6.07) is 5.88. The Morgan fingerprint density at radius 2 is 2.36 bits per heavy atom. The van der Waals surface area contributed by atoms with Crippen molar-refractivity contribution in [3.63, 3.8) is 0 Å². The summed E-state index contributed by atoms with van der Waals surface area (Å²) >= 11 is 0. The van der Waals surface area contributed by atoms with Crippen molar-refractivity contribution in [1.82, 2.24) is 5.32 Å². The van der Waals surface area contributed by atoms with Gasteiger partial charge in [0.15, 0.2) is 0 Å². The molecule has 2 N–H and O–H groups in total. The standard InChI is InChI=1S/C12H17NO/c1-2-10-11(4-3-5-12(10)14)9-6-7-13-8-9/h3-5,9,13-14H,2,6-8H2,1H3/t9-/m1/s1. The van der Waals surface area contributed by atoms with E-state index < -0.39 is 0 Å². The van der Waals surface area contributed by atoms with Gasteiger partial charge in [0.2, 0.25) is 0 Å². The molecule has 1 atom stereocenters. The molecule has 2 rings (SSSR count). The van der Waals surface area contributed by atoms with Gasteiger partial charge in [0.25, 0.3) is 0 Å². The molecule has 1 saturated heterocycles. The molecule has 1 fully saturated rings. The molecule has 0 aliphatic carbocycles. The Bertz CT molecular complexity index is 316. The highest BCUT2D eigenvalue weighted by atomic mass is 16.3. The Balaban J connectivity index is 2.35. The zero-order chi connectivity index (χ0) is 9.97. The van der Waals surface area contributed by atoms with Crippen LogP contribution >= 0.6 is 0 Å². The molecule has 0 radical (unpaired) electrons. The molecule has 1 aliphatic rings. The lowest BCUT2D eigenvalue weighted by molar-refractivity contribution is 0.466. The number of phenols is 1. The van der Waals surface area contributed by atoms with Crippen LogP contribution in [0.2, 0.25) is 0 Å². The van der Waals surface area contributed by atoms with Gasteiger partial charge in [-0.05, 0) is 42.5 Å². The van der Waals surface area contributed by atoms with Gasteiger partial charge >= 0.3 is 0 Å². The maximum Gasteiger partial charge on any atom is 0.119 e. The minimum Gasteiger partial charge on any atom is -0.508 e. The fourth-order valence-electron chi connectivity index (χ4n) is 2.28. The molecular weight excluding hydrogens is 174 g/mol. The summed E-state index contributed by atoms with van der Waals surface area (Å²) in [6.07, 6.45) is 2.11. The zero-order valence-corrected chi connectivity index (χ0v) is 8.59. The third-order valence-electron chi connectivity index (χ3n) is 3.04. The number of nitrogens with one attached hydrogen (secondary N) is 1. The van der Waals surface area contributed by atoms with Crippen molar-refractivity contribution in [2.45, 2.75) is 25.7 Å². The Kier molecular flexibility index (Phi) is 2.73. The van der Waals surface area contributed by atoms with Gasteiger partial charge in [-0.2, -0.15) is 0 Å². The average molecular weight is 191 g/mol. The van der Waals surface area contributed by atoms with Gasteiger partial charge < -0.3 is 10.4 Å². The normalized spacial score (nSPS) is 21.4. The van der Waals surface area contributed by atoms with Crippen LogP contribution in [0.15, 0.2) is 18.2 Å². The summed E-state index contributed by atoms with van der Waals surface area (Å²) in [4.78, 5) is 0. The Morgan fingerprint density at radius 1 is 1.50 bits per heavy atom. The van der Waals surface area contributed by atoms with Crippen molar-refractivity contribution in [2.24, 2.45) is 0 Å². The van der Waals surface area contributed by atoms with Crippen LogP contribution in [0.4, 0.5) is 0 Å². The van der Waals surface area contributed by atoms with Gasteiger partial charge in [-0.25, -0.2) is 0 Å². The lowest BCUT2D eigenvalue weighted by atomic mass is 9.92. The highest BCUT2D eigenvalue weighted by Crippen LogP contribution is 2.30. The monoisotopic (exact) mass is 191 g/mol. The maximum absolute atomic E-state index is 9.73. The topological polar surface area (TPSA) is 32.3 Å². The molecule has 1 aliphatic heterocycles. The lowest BCUT2D eigenvalue weighted by Crippen LogP contribution is -2.09. The van der Waals surface area contributed by atoms with E-state index >= 15 is 0 Å². The van der Waals surface area contributed by atoms with Crippen molar-refractivity contribution in [2.75, 3.05) is 13.1 Å². The van der Waals surface area contributed by atoms with Crippen LogP contribution in [0, 0.1) is 0 Å². The molecule has 1 heterocycles. The molecule has 2 heteroatoms. The minimum atomic E-state index is 0.455. The molecule has 76 valence electrons. The molecule has 0 amide bonds. The van der Waals surface area contributed by atoms with Crippen LogP contribution < -0.4 is 5.32 Å². The van der Waals surface area contributed by atoms with Gasteiger partial charge in [0.05, 0.1) is 0 Å². The first kappa shape index (κ1) is 9.53. The first-order valence-corrected chi connectivity index (χ1v) is 5.34. The van der Waals surface area contributed by atoms with E-state index in [0.29, 0.717) is 11.7 Å². The highest BCUT2D eigenvalue weighted by molar-refractivity contribution is 5.41. The summed E-state index contributed by atoms with van der Waals surface area (Å²) < 4.78 is 0. The van der Waals surface area contributed by atoms with Crippen LogP contribution in [0.3, 0.4) is 0 Å².